The first kappa shape index (κ1) is 71.8. The molecule has 0 aliphatic carbocycles. The summed E-state index contributed by atoms with van der Waals surface area (Å²) >= 11 is 0. The lowest BCUT2D eigenvalue weighted by molar-refractivity contribution is -0.167. The number of unbranched alkanes of at least 4 members (excludes halogenated alkanes) is 36. The third-order valence-electron chi connectivity index (χ3n) is 14.2. The average Bonchev–Trinajstić information content (AvgIpc) is 3.41. The predicted octanol–water partition coefficient (Wildman–Crippen LogP) is 22.1. The molecule has 0 aromatic rings. The van der Waals surface area contributed by atoms with E-state index < -0.39 is 6.10 Å². The summed E-state index contributed by atoms with van der Waals surface area (Å²) in [5.74, 6) is -0.879. The fourth-order valence-electron chi connectivity index (χ4n) is 9.29. The quantitative estimate of drug-likeness (QED) is 0.0261. The summed E-state index contributed by atoms with van der Waals surface area (Å²) < 4.78 is 16.9. The van der Waals surface area contributed by atoms with Crippen LogP contribution in [0.25, 0.3) is 0 Å². The van der Waals surface area contributed by atoms with Crippen LogP contribution >= 0.6 is 0 Å². The van der Waals surface area contributed by atoms with Crippen LogP contribution in [0, 0.1) is 0 Å². The minimum Gasteiger partial charge on any atom is -0.462 e. The lowest BCUT2D eigenvalue weighted by Crippen LogP contribution is -2.30. The van der Waals surface area contributed by atoms with Gasteiger partial charge in [0.25, 0.3) is 0 Å². The molecule has 0 rings (SSSR count). The molecule has 0 aromatic carbocycles. The van der Waals surface area contributed by atoms with Gasteiger partial charge in [0.15, 0.2) is 6.10 Å². The maximum Gasteiger partial charge on any atom is 0.306 e. The first-order chi connectivity index (χ1) is 37.0. The van der Waals surface area contributed by atoms with Gasteiger partial charge in [-0.1, -0.05) is 280 Å². The molecule has 0 N–H and O–H groups in total. The van der Waals surface area contributed by atoms with E-state index in [0.29, 0.717) is 19.3 Å². The van der Waals surface area contributed by atoms with Crippen molar-refractivity contribution in [3.8, 4) is 0 Å². The third kappa shape index (κ3) is 61.6. The highest BCUT2D eigenvalue weighted by molar-refractivity contribution is 5.71. The molecule has 0 heterocycles. The van der Waals surface area contributed by atoms with Crippen molar-refractivity contribution in [2.45, 2.75) is 335 Å². The summed E-state index contributed by atoms with van der Waals surface area (Å²) in [5.41, 5.74) is 0. The van der Waals surface area contributed by atoms with Gasteiger partial charge in [-0.2, -0.15) is 0 Å². The Morgan fingerprint density at radius 2 is 0.533 bits per heavy atom. The second kappa shape index (κ2) is 63.4. The monoisotopic (exact) mass is 1050 g/mol. The van der Waals surface area contributed by atoms with Crippen LogP contribution in [0.2, 0.25) is 0 Å². The summed E-state index contributed by atoms with van der Waals surface area (Å²) in [6.45, 7) is 6.52. The molecule has 1 unspecified atom stereocenters. The Bertz CT molecular complexity index is 1390. The van der Waals surface area contributed by atoms with E-state index in [2.05, 4.69) is 93.7 Å². The highest BCUT2D eigenvalue weighted by Gasteiger charge is 2.19. The van der Waals surface area contributed by atoms with Gasteiger partial charge < -0.3 is 14.2 Å². The molecule has 0 aliphatic heterocycles. The van der Waals surface area contributed by atoms with Gasteiger partial charge in [-0.05, 0) is 103 Å². The van der Waals surface area contributed by atoms with Crippen LogP contribution in [0.1, 0.15) is 329 Å². The SMILES string of the molecule is CC/C=C\C/C=C\C/C=C\C/C=C\CCCCCCCCCCCCC(=O)OCC(COC(=O)CCCCCCC/C=C\CCCC)OC(=O)CCCCCCCCCCCCC/C=C\CCCCCCCCCC. The highest BCUT2D eigenvalue weighted by atomic mass is 16.6. The number of hydrogen-bond donors (Lipinski definition) is 0. The Labute approximate surface area is 465 Å². The molecule has 434 valence electrons. The summed E-state index contributed by atoms with van der Waals surface area (Å²) in [5, 5.41) is 0. The number of allylic oxidation sites excluding steroid dienone is 12. The molecule has 0 aliphatic rings. The molecule has 0 radical (unpaired) electrons. The highest BCUT2D eigenvalue weighted by Crippen LogP contribution is 2.17. The smallest absolute Gasteiger partial charge is 0.306 e. The summed E-state index contributed by atoms with van der Waals surface area (Å²) in [7, 11) is 0. The van der Waals surface area contributed by atoms with Crippen molar-refractivity contribution in [1.82, 2.24) is 0 Å². The van der Waals surface area contributed by atoms with Gasteiger partial charge in [0.05, 0.1) is 0 Å². The molecule has 6 nitrogen and oxygen atoms in total. The first-order valence-electron chi connectivity index (χ1n) is 32.4. The Kier molecular flexibility index (Phi) is 60.7. The molecule has 0 bridgehead atoms. The number of esters is 3. The zero-order chi connectivity index (χ0) is 54.3. The van der Waals surface area contributed by atoms with Crippen molar-refractivity contribution in [1.29, 1.82) is 0 Å². The average molecular weight is 1050 g/mol. The molecule has 0 spiro atoms. The predicted molar refractivity (Wildman–Crippen MR) is 325 cm³/mol. The van der Waals surface area contributed by atoms with Crippen molar-refractivity contribution < 1.29 is 28.6 Å². The van der Waals surface area contributed by atoms with Gasteiger partial charge in [0.1, 0.15) is 13.2 Å². The van der Waals surface area contributed by atoms with E-state index in [-0.39, 0.29) is 31.1 Å². The number of carbonyl (C=O) groups is 3. The van der Waals surface area contributed by atoms with Crippen molar-refractivity contribution >= 4 is 17.9 Å². The van der Waals surface area contributed by atoms with Crippen LogP contribution in [0.5, 0.6) is 0 Å². The van der Waals surface area contributed by atoms with E-state index in [1.165, 1.54) is 199 Å². The maximum atomic E-state index is 12.9. The fourth-order valence-corrected chi connectivity index (χ4v) is 9.29. The lowest BCUT2D eigenvalue weighted by Gasteiger charge is -2.18. The van der Waals surface area contributed by atoms with Crippen molar-refractivity contribution in [3.05, 3.63) is 72.9 Å². The van der Waals surface area contributed by atoms with Crippen LogP contribution in [0.3, 0.4) is 0 Å². The van der Waals surface area contributed by atoms with E-state index >= 15 is 0 Å². The van der Waals surface area contributed by atoms with Crippen molar-refractivity contribution in [3.63, 3.8) is 0 Å². The van der Waals surface area contributed by atoms with Crippen LogP contribution < -0.4 is 0 Å². The Morgan fingerprint density at radius 3 is 0.867 bits per heavy atom. The maximum absolute atomic E-state index is 12.9. The van der Waals surface area contributed by atoms with Gasteiger partial charge in [0.2, 0.25) is 0 Å². The molecule has 0 aromatic heterocycles. The van der Waals surface area contributed by atoms with Gasteiger partial charge in [-0.15, -0.1) is 0 Å². The van der Waals surface area contributed by atoms with Gasteiger partial charge in [-0.3, -0.25) is 14.4 Å². The summed E-state index contributed by atoms with van der Waals surface area (Å²) in [6.07, 6.45) is 82.0. The topological polar surface area (TPSA) is 78.9 Å². The van der Waals surface area contributed by atoms with Crippen LogP contribution in [0.4, 0.5) is 0 Å². The van der Waals surface area contributed by atoms with Gasteiger partial charge in [-0.25, -0.2) is 0 Å². The second-order valence-corrected chi connectivity index (χ2v) is 21.6. The second-order valence-electron chi connectivity index (χ2n) is 21.6. The van der Waals surface area contributed by atoms with Crippen LogP contribution in [0.15, 0.2) is 72.9 Å². The van der Waals surface area contributed by atoms with E-state index in [1.807, 2.05) is 0 Å². The van der Waals surface area contributed by atoms with Gasteiger partial charge in [0, 0.05) is 19.3 Å². The molecule has 0 amide bonds. The molecule has 0 fully saturated rings. The molecule has 1 atom stereocenters. The molecule has 0 saturated carbocycles. The van der Waals surface area contributed by atoms with Gasteiger partial charge >= 0.3 is 17.9 Å². The lowest BCUT2D eigenvalue weighted by atomic mass is 10.0. The van der Waals surface area contributed by atoms with Crippen LogP contribution in [-0.4, -0.2) is 37.2 Å². The third-order valence-corrected chi connectivity index (χ3v) is 14.2. The van der Waals surface area contributed by atoms with E-state index in [1.54, 1.807) is 0 Å². The summed E-state index contributed by atoms with van der Waals surface area (Å²) in [6, 6.07) is 0. The van der Waals surface area contributed by atoms with E-state index in [4.69, 9.17) is 14.2 Å². The zero-order valence-corrected chi connectivity index (χ0v) is 49.8. The molecular formula is C69H122O6. The molecular weight excluding hydrogens is 925 g/mol. The Morgan fingerprint density at radius 1 is 0.280 bits per heavy atom. The Hall–Kier alpha value is -3.15. The molecule has 0 saturated heterocycles. The normalized spacial score (nSPS) is 12.5. The fraction of sp³-hybridized carbons (Fsp3) is 0.783. The zero-order valence-electron chi connectivity index (χ0n) is 49.8. The largest absolute Gasteiger partial charge is 0.462 e. The number of hydrogen-bond acceptors (Lipinski definition) is 6. The van der Waals surface area contributed by atoms with Crippen molar-refractivity contribution in [2.75, 3.05) is 13.2 Å². The number of carbonyl (C=O) groups excluding carboxylic acids is 3. The van der Waals surface area contributed by atoms with Crippen molar-refractivity contribution in [2.24, 2.45) is 0 Å². The first-order valence-corrected chi connectivity index (χ1v) is 32.4. The minimum absolute atomic E-state index is 0.0787. The van der Waals surface area contributed by atoms with E-state index in [9.17, 15) is 14.4 Å². The standard InChI is InChI=1S/C69H122O6/c1-4-7-10-13-16-19-22-24-26-28-30-32-34-36-38-40-42-44-47-50-53-56-59-62-68(71)74-65-66(64-73-67(70)61-58-55-52-49-46-21-18-15-12-9-6-3)75-69(72)63-60-57-54-51-48-45-43-41-39-37-35-33-31-29-27-25-23-20-17-14-11-8-5-2/h7,10,15-16,18-19,24,26,29-32,66H,4-6,8-9,11-14,17,20-23,25,27-28,33-65H2,1-3H3/b10-7-,18-15-,19-16-,26-24-,31-29-,32-30-. The molecule has 6 heteroatoms. The van der Waals surface area contributed by atoms with Crippen LogP contribution in [-0.2, 0) is 28.6 Å². The van der Waals surface area contributed by atoms with E-state index in [0.717, 1.165) is 89.9 Å². The minimum atomic E-state index is -0.781. The number of rotatable bonds is 59. The Balaban J connectivity index is 4.26. The number of ether oxygens (including phenoxy) is 3. The summed E-state index contributed by atoms with van der Waals surface area (Å²) in [4.78, 5) is 38.3. The molecule has 75 heavy (non-hydrogen) atoms.